The van der Waals surface area contributed by atoms with Gasteiger partial charge >= 0.3 is 0 Å². The molecule has 0 saturated carbocycles. The molecule has 0 aliphatic rings. The third-order valence-electron chi connectivity index (χ3n) is 3.94. The monoisotopic (exact) mass is 334 g/mol. The second kappa shape index (κ2) is 6.06. The van der Waals surface area contributed by atoms with Gasteiger partial charge < -0.3 is 0 Å². The van der Waals surface area contributed by atoms with Gasteiger partial charge in [-0.25, -0.2) is 4.98 Å². The van der Waals surface area contributed by atoms with E-state index >= 15 is 0 Å². The van der Waals surface area contributed by atoms with E-state index in [-0.39, 0.29) is 0 Å². The molecule has 0 atom stereocenters. The molecule has 0 aliphatic carbocycles. The average Bonchev–Trinajstić information content (AvgIpc) is 3.05. The molecule has 0 amide bonds. The summed E-state index contributed by atoms with van der Waals surface area (Å²) < 4.78 is 1.93. The number of hydrogen-bond donors (Lipinski definition) is 0. The SMILES string of the molecule is Cc1ccc(Cn2cc(-c3cnc4ccc(Cl)nc4c3)cn2)cc1. The molecule has 4 nitrogen and oxygen atoms in total. The van der Waals surface area contributed by atoms with Crippen LogP contribution in [0.1, 0.15) is 11.1 Å². The minimum atomic E-state index is 0.469. The lowest BCUT2D eigenvalue weighted by Crippen LogP contribution is -1.99. The number of pyridine rings is 2. The number of benzene rings is 1. The van der Waals surface area contributed by atoms with Crippen molar-refractivity contribution in [3.63, 3.8) is 0 Å². The van der Waals surface area contributed by atoms with Crippen molar-refractivity contribution in [1.82, 2.24) is 19.7 Å². The molecular weight excluding hydrogens is 320 g/mol. The normalized spacial score (nSPS) is 11.1. The van der Waals surface area contributed by atoms with Crippen LogP contribution < -0.4 is 0 Å². The Morgan fingerprint density at radius 3 is 2.62 bits per heavy atom. The fraction of sp³-hybridized carbons (Fsp3) is 0.105. The second-order valence-corrected chi connectivity index (χ2v) is 6.20. The number of aromatic nitrogens is 4. The summed E-state index contributed by atoms with van der Waals surface area (Å²) >= 11 is 5.97. The zero-order valence-corrected chi connectivity index (χ0v) is 13.9. The number of hydrogen-bond acceptors (Lipinski definition) is 3. The topological polar surface area (TPSA) is 43.6 Å². The minimum absolute atomic E-state index is 0.469. The highest BCUT2D eigenvalue weighted by Gasteiger charge is 2.06. The first-order valence-electron chi connectivity index (χ1n) is 7.68. The molecule has 3 aromatic heterocycles. The Kier molecular flexibility index (Phi) is 3.75. The molecule has 24 heavy (non-hydrogen) atoms. The molecule has 0 bridgehead atoms. The highest BCUT2D eigenvalue weighted by molar-refractivity contribution is 6.29. The zero-order chi connectivity index (χ0) is 16.5. The number of fused-ring (bicyclic) bond motifs is 1. The average molecular weight is 335 g/mol. The Morgan fingerprint density at radius 2 is 1.79 bits per heavy atom. The van der Waals surface area contributed by atoms with Crippen LogP contribution >= 0.6 is 11.6 Å². The third kappa shape index (κ3) is 3.01. The van der Waals surface area contributed by atoms with Crippen molar-refractivity contribution >= 4 is 22.6 Å². The van der Waals surface area contributed by atoms with Crippen LogP contribution in [-0.2, 0) is 6.54 Å². The van der Waals surface area contributed by atoms with Crippen LogP contribution in [0, 0.1) is 6.92 Å². The first-order valence-corrected chi connectivity index (χ1v) is 8.06. The standard InChI is InChI=1S/C19H15ClN4/c1-13-2-4-14(5-3-13)11-24-12-16(10-22-24)15-8-18-17(21-9-15)6-7-19(20)23-18/h2-10,12H,11H2,1H3. The smallest absolute Gasteiger partial charge is 0.129 e. The van der Waals surface area contributed by atoms with Crippen molar-refractivity contribution in [1.29, 1.82) is 0 Å². The van der Waals surface area contributed by atoms with Gasteiger partial charge in [-0.2, -0.15) is 5.10 Å². The van der Waals surface area contributed by atoms with Gasteiger partial charge in [0.15, 0.2) is 0 Å². The molecule has 0 unspecified atom stereocenters. The molecule has 0 radical (unpaired) electrons. The molecule has 4 rings (SSSR count). The number of rotatable bonds is 3. The van der Waals surface area contributed by atoms with E-state index in [4.69, 9.17) is 11.6 Å². The van der Waals surface area contributed by atoms with Crippen LogP contribution in [0.3, 0.4) is 0 Å². The molecule has 1 aromatic carbocycles. The summed E-state index contributed by atoms with van der Waals surface area (Å²) in [5, 5.41) is 4.92. The van der Waals surface area contributed by atoms with Crippen molar-refractivity contribution in [2.24, 2.45) is 0 Å². The lowest BCUT2D eigenvalue weighted by molar-refractivity contribution is 0.687. The van der Waals surface area contributed by atoms with E-state index in [0.29, 0.717) is 5.15 Å². The molecule has 0 N–H and O–H groups in total. The molecule has 0 fully saturated rings. The van der Waals surface area contributed by atoms with Gasteiger partial charge in [-0.15, -0.1) is 0 Å². The largest absolute Gasteiger partial charge is 0.268 e. The summed E-state index contributed by atoms with van der Waals surface area (Å²) in [6.45, 7) is 2.83. The Balaban J connectivity index is 1.63. The lowest BCUT2D eigenvalue weighted by Gasteiger charge is -2.03. The lowest BCUT2D eigenvalue weighted by atomic mass is 10.1. The number of halogens is 1. The zero-order valence-electron chi connectivity index (χ0n) is 13.1. The fourth-order valence-corrected chi connectivity index (χ4v) is 2.77. The van der Waals surface area contributed by atoms with E-state index in [1.165, 1.54) is 11.1 Å². The van der Waals surface area contributed by atoms with Crippen LogP contribution in [-0.4, -0.2) is 19.7 Å². The first kappa shape index (κ1) is 14.8. The maximum absolute atomic E-state index is 5.97. The van der Waals surface area contributed by atoms with E-state index in [1.807, 2.05) is 35.4 Å². The fourth-order valence-electron chi connectivity index (χ4n) is 2.62. The third-order valence-corrected chi connectivity index (χ3v) is 4.15. The summed E-state index contributed by atoms with van der Waals surface area (Å²) in [5.74, 6) is 0. The summed E-state index contributed by atoms with van der Waals surface area (Å²) in [4.78, 5) is 8.76. The van der Waals surface area contributed by atoms with E-state index in [0.717, 1.165) is 28.7 Å². The van der Waals surface area contributed by atoms with Crippen LogP contribution in [0.25, 0.3) is 22.2 Å². The highest BCUT2D eigenvalue weighted by atomic mass is 35.5. The molecule has 0 saturated heterocycles. The van der Waals surface area contributed by atoms with Crippen molar-refractivity contribution in [3.05, 3.63) is 77.3 Å². The number of nitrogens with zero attached hydrogens (tertiary/aromatic N) is 4. The summed E-state index contributed by atoms with van der Waals surface area (Å²) in [6.07, 6.45) is 5.71. The van der Waals surface area contributed by atoms with Gasteiger partial charge in [-0.1, -0.05) is 41.4 Å². The second-order valence-electron chi connectivity index (χ2n) is 5.81. The van der Waals surface area contributed by atoms with Gasteiger partial charge in [-0.3, -0.25) is 9.67 Å². The molecule has 0 aliphatic heterocycles. The van der Waals surface area contributed by atoms with E-state index in [1.54, 1.807) is 6.07 Å². The van der Waals surface area contributed by atoms with Gasteiger partial charge in [0.1, 0.15) is 5.15 Å². The van der Waals surface area contributed by atoms with Gasteiger partial charge in [0, 0.05) is 23.5 Å². The summed E-state index contributed by atoms with van der Waals surface area (Å²) in [6, 6.07) is 14.1. The molecule has 3 heterocycles. The van der Waals surface area contributed by atoms with Crippen molar-refractivity contribution in [3.8, 4) is 11.1 Å². The van der Waals surface area contributed by atoms with Crippen molar-refractivity contribution < 1.29 is 0 Å². The highest BCUT2D eigenvalue weighted by Crippen LogP contribution is 2.22. The Morgan fingerprint density at radius 1 is 0.958 bits per heavy atom. The molecule has 5 heteroatoms. The van der Waals surface area contributed by atoms with Crippen LogP contribution in [0.2, 0.25) is 5.15 Å². The molecule has 4 aromatic rings. The van der Waals surface area contributed by atoms with Crippen LogP contribution in [0.5, 0.6) is 0 Å². The van der Waals surface area contributed by atoms with Crippen LogP contribution in [0.15, 0.2) is 61.1 Å². The molecule has 0 spiro atoms. The van der Waals surface area contributed by atoms with Gasteiger partial charge in [-0.05, 0) is 30.7 Å². The van der Waals surface area contributed by atoms with Gasteiger partial charge in [0.25, 0.3) is 0 Å². The van der Waals surface area contributed by atoms with Gasteiger partial charge in [0.2, 0.25) is 0 Å². The quantitative estimate of drug-likeness (QED) is 0.518. The Hall–Kier alpha value is -2.72. The molecular formula is C19H15ClN4. The van der Waals surface area contributed by atoms with Crippen molar-refractivity contribution in [2.75, 3.05) is 0 Å². The first-order chi connectivity index (χ1) is 11.7. The van der Waals surface area contributed by atoms with E-state index in [2.05, 4.69) is 46.3 Å². The molecule has 118 valence electrons. The maximum Gasteiger partial charge on any atom is 0.129 e. The van der Waals surface area contributed by atoms with Crippen LogP contribution in [0.4, 0.5) is 0 Å². The predicted molar refractivity (Wildman–Crippen MR) is 96.1 cm³/mol. The van der Waals surface area contributed by atoms with E-state index < -0.39 is 0 Å². The Bertz CT molecular complexity index is 1010. The summed E-state index contributed by atoms with van der Waals surface area (Å²) in [5.41, 5.74) is 6.08. The van der Waals surface area contributed by atoms with Crippen molar-refractivity contribution in [2.45, 2.75) is 13.5 Å². The minimum Gasteiger partial charge on any atom is -0.268 e. The number of aryl methyl sites for hydroxylation is 1. The maximum atomic E-state index is 5.97. The van der Waals surface area contributed by atoms with Gasteiger partial charge in [0.05, 0.1) is 23.8 Å². The predicted octanol–water partition coefficient (Wildman–Crippen LogP) is 4.50. The summed E-state index contributed by atoms with van der Waals surface area (Å²) in [7, 11) is 0. The van der Waals surface area contributed by atoms with E-state index in [9.17, 15) is 0 Å². The Labute approximate surface area is 144 Å².